The van der Waals surface area contributed by atoms with Crippen molar-refractivity contribution in [3.8, 4) is 0 Å². The fourth-order valence-corrected chi connectivity index (χ4v) is 2.02. The van der Waals surface area contributed by atoms with Gasteiger partial charge in [0.15, 0.2) is 5.15 Å². The van der Waals surface area contributed by atoms with E-state index in [1.54, 1.807) is 18.0 Å². The van der Waals surface area contributed by atoms with Gasteiger partial charge in [-0.05, 0) is 25.0 Å². The molecule has 102 valence electrons. The van der Waals surface area contributed by atoms with Gasteiger partial charge in [0.25, 0.3) is 0 Å². The summed E-state index contributed by atoms with van der Waals surface area (Å²) < 4.78 is 0. The normalized spacial score (nSPS) is 14.1. The minimum Gasteiger partial charge on any atom is -0.342 e. The largest absolute Gasteiger partial charge is 0.342 e. The van der Waals surface area contributed by atoms with Crippen LogP contribution in [-0.4, -0.2) is 34.8 Å². The lowest BCUT2D eigenvalue weighted by atomic mass is 10.3. The summed E-state index contributed by atoms with van der Waals surface area (Å²) in [6.45, 7) is 0. The predicted molar refractivity (Wildman–Crippen MR) is 73.3 cm³/mol. The molecule has 0 saturated heterocycles. The zero-order valence-electron chi connectivity index (χ0n) is 10.3. The topological polar surface area (TPSA) is 62.3 Å². The van der Waals surface area contributed by atoms with Crippen LogP contribution in [0.1, 0.15) is 19.3 Å². The van der Waals surface area contributed by atoms with Crippen molar-refractivity contribution in [1.29, 1.82) is 0 Å². The van der Waals surface area contributed by atoms with Gasteiger partial charge in [0.05, 0.1) is 5.69 Å². The van der Waals surface area contributed by atoms with E-state index < -0.39 is 5.91 Å². The number of pyridine rings is 1. The zero-order chi connectivity index (χ0) is 14.0. The highest BCUT2D eigenvalue weighted by molar-refractivity contribution is 6.34. The van der Waals surface area contributed by atoms with Crippen LogP contribution in [0.5, 0.6) is 0 Å². The molecular formula is C12H13Cl2N3O2. The number of rotatable bonds is 4. The average molecular weight is 302 g/mol. The molecule has 1 aliphatic carbocycles. The fraction of sp³-hybridized carbons (Fsp3) is 0.417. The van der Waals surface area contributed by atoms with Gasteiger partial charge in [-0.25, -0.2) is 4.98 Å². The Labute approximate surface area is 120 Å². The van der Waals surface area contributed by atoms with Crippen molar-refractivity contribution < 1.29 is 9.59 Å². The summed E-state index contributed by atoms with van der Waals surface area (Å²) in [4.78, 5) is 28.9. The molecule has 2 rings (SSSR count). The van der Waals surface area contributed by atoms with Gasteiger partial charge in [-0.15, -0.1) is 0 Å². The first-order valence-corrected chi connectivity index (χ1v) is 6.60. The third-order valence-electron chi connectivity index (χ3n) is 2.89. The van der Waals surface area contributed by atoms with Crippen LogP contribution in [0.25, 0.3) is 0 Å². The Kier molecular flexibility index (Phi) is 4.27. The Morgan fingerprint density at radius 1 is 1.42 bits per heavy atom. The van der Waals surface area contributed by atoms with Crippen molar-refractivity contribution in [2.24, 2.45) is 0 Å². The summed E-state index contributed by atoms with van der Waals surface area (Å²) in [7, 11) is 1.71. The number of carbonyl (C=O) groups excluding carboxylic acids is 2. The van der Waals surface area contributed by atoms with Crippen LogP contribution in [0, 0.1) is 0 Å². The number of halogens is 2. The van der Waals surface area contributed by atoms with Crippen LogP contribution in [0.3, 0.4) is 0 Å². The molecule has 0 aromatic carbocycles. The number of hydrogen-bond donors (Lipinski definition) is 1. The molecule has 1 N–H and O–H groups in total. The maximum atomic E-state index is 11.8. The van der Waals surface area contributed by atoms with Crippen molar-refractivity contribution in [2.45, 2.75) is 25.3 Å². The van der Waals surface area contributed by atoms with Crippen molar-refractivity contribution >= 4 is 40.7 Å². The molecule has 1 aromatic rings. The third-order valence-corrected chi connectivity index (χ3v) is 3.39. The van der Waals surface area contributed by atoms with E-state index in [0.29, 0.717) is 11.7 Å². The fourth-order valence-electron chi connectivity index (χ4n) is 1.63. The van der Waals surface area contributed by atoms with Crippen LogP contribution in [0.4, 0.5) is 5.69 Å². The van der Waals surface area contributed by atoms with E-state index in [-0.39, 0.29) is 22.6 Å². The van der Waals surface area contributed by atoms with Crippen LogP contribution in [-0.2, 0) is 9.59 Å². The SMILES string of the molecule is CN(C(=O)CC(=O)Nc1ccc(Cl)nc1Cl)C1CC1. The standard InChI is InChI=1S/C12H13Cl2N3O2/c1-17(7-2-3-7)11(19)6-10(18)15-8-4-5-9(13)16-12(8)14/h4-5,7H,2-3,6H2,1H3,(H,15,18). The number of nitrogens with zero attached hydrogens (tertiary/aromatic N) is 2. The number of nitrogens with one attached hydrogen (secondary N) is 1. The Balaban J connectivity index is 1.91. The Hall–Kier alpha value is -1.33. The summed E-state index contributed by atoms with van der Waals surface area (Å²) in [5.41, 5.74) is 0.345. The number of aromatic nitrogens is 1. The molecule has 5 nitrogen and oxygen atoms in total. The molecule has 0 radical (unpaired) electrons. The summed E-state index contributed by atoms with van der Waals surface area (Å²) in [6.07, 6.45) is 1.82. The Morgan fingerprint density at radius 2 is 2.11 bits per heavy atom. The molecule has 0 spiro atoms. The summed E-state index contributed by atoms with van der Waals surface area (Å²) >= 11 is 11.5. The van der Waals surface area contributed by atoms with E-state index in [4.69, 9.17) is 23.2 Å². The molecule has 19 heavy (non-hydrogen) atoms. The van der Waals surface area contributed by atoms with Gasteiger partial charge in [0, 0.05) is 13.1 Å². The smallest absolute Gasteiger partial charge is 0.233 e. The minimum atomic E-state index is -0.413. The third kappa shape index (κ3) is 3.81. The van der Waals surface area contributed by atoms with Crippen molar-refractivity contribution in [3.63, 3.8) is 0 Å². The molecule has 1 fully saturated rings. The van der Waals surface area contributed by atoms with Crippen molar-refractivity contribution in [3.05, 3.63) is 22.4 Å². The van der Waals surface area contributed by atoms with Crippen molar-refractivity contribution in [2.75, 3.05) is 12.4 Å². The maximum absolute atomic E-state index is 11.8. The molecule has 0 atom stereocenters. The Morgan fingerprint density at radius 3 is 2.68 bits per heavy atom. The van der Waals surface area contributed by atoms with Gasteiger partial charge in [-0.1, -0.05) is 23.2 Å². The van der Waals surface area contributed by atoms with E-state index in [0.717, 1.165) is 12.8 Å². The molecular weight excluding hydrogens is 289 g/mol. The second-order valence-electron chi connectivity index (χ2n) is 4.43. The van der Waals surface area contributed by atoms with Gasteiger partial charge >= 0.3 is 0 Å². The average Bonchev–Trinajstić information content (AvgIpc) is 3.15. The van der Waals surface area contributed by atoms with E-state index in [1.165, 1.54) is 6.07 Å². The predicted octanol–water partition coefficient (Wildman–Crippen LogP) is 2.34. The summed E-state index contributed by atoms with van der Waals surface area (Å²) in [6, 6.07) is 3.35. The maximum Gasteiger partial charge on any atom is 0.233 e. The quantitative estimate of drug-likeness (QED) is 0.686. The lowest BCUT2D eigenvalue weighted by Gasteiger charge is -2.15. The van der Waals surface area contributed by atoms with Crippen LogP contribution >= 0.6 is 23.2 Å². The molecule has 0 bridgehead atoms. The molecule has 0 aliphatic heterocycles. The van der Waals surface area contributed by atoms with Crippen LogP contribution in [0.2, 0.25) is 10.3 Å². The van der Waals surface area contributed by atoms with E-state index >= 15 is 0 Å². The number of hydrogen-bond acceptors (Lipinski definition) is 3. The summed E-state index contributed by atoms with van der Waals surface area (Å²) in [5.74, 6) is -0.610. The highest BCUT2D eigenvalue weighted by atomic mass is 35.5. The zero-order valence-corrected chi connectivity index (χ0v) is 11.8. The molecule has 1 heterocycles. The first-order valence-electron chi connectivity index (χ1n) is 5.85. The molecule has 0 unspecified atom stereocenters. The highest BCUT2D eigenvalue weighted by Crippen LogP contribution is 2.26. The molecule has 2 amide bonds. The minimum absolute atomic E-state index is 0.101. The van der Waals surface area contributed by atoms with Crippen molar-refractivity contribution in [1.82, 2.24) is 9.88 Å². The lowest BCUT2D eigenvalue weighted by Crippen LogP contribution is -2.32. The highest BCUT2D eigenvalue weighted by Gasteiger charge is 2.30. The van der Waals surface area contributed by atoms with Crippen LogP contribution in [0.15, 0.2) is 12.1 Å². The van der Waals surface area contributed by atoms with Gasteiger partial charge in [-0.2, -0.15) is 0 Å². The Bertz CT molecular complexity index is 518. The monoisotopic (exact) mass is 301 g/mol. The molecule has 7 heteroatoms. The van der Waals surface area contributed by atoms with E-state index in [9.17, 15) is 9.59 Å². The van der Waals surface area contributed by atoms with Gasteiger partial charge in [0.1, 0.15) is 11.6 Å². The number of amides is 2. The first-order chi connectivity index (χ1) is 8.97. The summed E-state index contributed by atoms with van der Waals surface area (Å²) in [5, 5.41) is 2.89. The molecule has 1 saturated carbocycles. The second kappa shape index (κ2) is 5.75. The first kappa shape index (κ1) is 14.1. The molecule has 1 aliphatic rings. The van der Waals surface area contributed by atoms with E-state index in [1.807, 2.05) is 0 Å². The number of carbonyl (C=O) groups is 2. The lowest BCUT2D eigenvalue weighted by molar-refractivity contribution is -0.133. The second-order valence-corrected chi connectivity index (χ2v) is 5.18. The molecule has 1 aromatic heterocycles. The van der Waals surface area contributed by atoms with E-state index in [2.05, 4.69) is 10.3 Å². The van der Waals surface area contributed by atoms with Gasteiger partial charge in [-0.3, -0.25) is 9.59 Å². The number of anilines is 1. The van der Waals surface area contributed by atoms with Gasteiger partial charge in [0.2, 0.25) is 11.8 Å². The van der Waals surface area contributed by atoms with Crippen LogP contribution < -0.4 is 5.32 Å². The van der Waals surface area contributed by atoms with Gasteiger partial charge < -0.3 is 10.2 Å².